The second-order valence-electron chi connectivity index (χ2n) is 5.16. The molecule has 7 nitrogen and oxygen atoms in total. The van der Waals surface area contributed by atoms with Crippen LogP contribution < -0.4 is 5.32 Å². The number of nitro groups is 1. The van der Waals surface area contributed by atoms with E-state index < -0.39 is 16.9 Å². The molecule has 2 rings (SSSR count). The van der Waals surface area contributed by atoms with Crippen LogP contribution in [0, 0.1) is 10.1 Å². The summed E-state index contributed by atoms with van der Waals surface area (Å²) in [6, 6.07) is 5.54. The number of nitrogens with zero attached hydrogens (tertiary/aromatic N) is 2. The summed E-state index contributed by atoms with van der Waals surface area (Å²) >= 11 is 5.35. The summed E-state index contributed by atoms with van der Waals surface area (Å²) in [6.07, 6.45) is 1.65. The Bertz CT molecular complexity index is 745. The summed E-state index contributed by atoms with van der Waals surface area (Å²) in [4.78, 5) is 24.6. The van der Waals surface area contributed by atoms with Gasteiger partial charge in [-0.1, -0.05) is 18.2 Å². The summed E-state index contributed by atoms with van der Waals surface area (Å²) in [5, 5.41) is 14.5. The van der Waals surface area contributed by atoms with Crippen molar-refractivity contribution < 1.29 is 14.5 Å². The van der Waals surface area contributed by atoms with Crippen LogP contribution in [0.3, 0.4) is 0 Å². The van der Waals surface area contributed by atoms with Gasteiger partial charge >= 0.3 is 5.97 Å². The molecule has 0 bridgehead atoms. The minimum absolute atomic E-state index is 0.0580. The fourth-order valence-electron chi connectivity index (χ4n) is 2.63. The maximum absolute atomic E-state index is 12.3. The number of carbonyl (C=O) groups is 1. The number of ether oxygens (including phenoxy) is 1. The third kappa shape index (κ3) is 3.28. The standard InChI is InChI=1S/C16H17N3O4S/c1-4-8-18-14(11-6-5-7-12(9-11)19(21)22)13(15(20)23-3)10(2)17-16(18)24/h4-7,9,14H,1,8H2,2-3H3,(H,17,24). The number of thiocarbonyl (C=S) groups is 1. The van der Waals surface area contributed by atoms with Gasteiger partial charge in [-0.15, -0.1) is 6.58 Å². The van der Waals surface area contributed by atoms with Gasteiger partial charge in [0.15, 0.2) is 5.11 Å². The summed E-state index contributed by atoms with van der Waals surface area (Å²) in [5.74, 6) is -0.520. The van der Waals surface area contributed by atoms with Gasteiger partial charge < -0.3 is 15.0 Å². The van der Waals surface area contributed by atoms with Crippen LogP contribution in [0.25, 0.3) is 0 Å². The number of rotatable bonds is 5. The van der Waals surface area contributed by atoms with Gasteiger partial charge in [0.1, 0.15) is 0 Å². The van der Waals surface area contributed by atoms with E-state index in [0.717, 1.165) is 0 Å². The molecule has 0 fully saturated rings. The zero-order valence-corrected chi connectivity index (χ0v) is 14.1. The number of benzene rings is 1. The highest BCUT2D eigenvalue weighted by molar-refractivity contribution is 7.80. The third-order valence-corrected chi connectivity index (χ3v) is 4.01. The molecule has 0 amide bonds. The number of methoxy groups -OCH3 is 1. The number of nitrogens with one attached hydrogen (secondary N) is 1. The second kappa shape index (κ2) is 7.22. The Kier molecular flexibility index (Phi) is 5.30. The lowest BCUT2D eigenvalue weighted by Crippen LogP contribution is -2.48. The molecule has 1 atom stereocenters. The maximum atomic E-state index is 12.3. The fourth-order valence-corrected chi connectivity index (χ4v) is 2.97. The summed E-state index contributed by atoms with van der Waals surface area (Å²) in [7, 11) is 1.29. The van der Waals surface area contributed by atoms with E-state index in [0.29, 0.717) is 28.5 Å². The average molecular weight is 347 g/mol. The molecule has 0 radical (unpaired) electrons. The molecule has 0 saturated carbocycles. The molecule has 1 heterocycles. The minimum Gasteiger partial charge on any atom is -0.466 e. The van der Waals surface area contributed by atoms with Crippen LogP contribution in [-0.2, 0) is 9.53 Å². The van der Waals surface area contributed by atoms with Gasteiger partial charge in [0.2, 0.25) is 0 Å². The SMILES string of the molecule is C=CCN1C(=S)NC(C)=C(C(=O)OC)C1c1cccc([N+](=O)[O-])c1. The molecule has 1 aliphatic heterocycles. The number of hydrogen-bond acceptors (Lipinski definition) is 5. The van der Waals surface area contributed by atoms with Crippen molar-refractivity contribution in [3.05, 3.63) is 63.9 Å². The number of hydrogen-bond donors (Lipinski definition) is 1. The second-order valence-corrected chi connectivity index (χ2v) is 5.54. The zero-order chi connectivity index (χ0) is 17.9. The van der Waals surface area contributed by atoms with Gasteiger partial charge in [-0.25, -0.2) is 4.79 Å². The zero-order valence-electron chi connectivity index (χ0n) is 13.3. The molecule has 24 heavy (non-hydrogen) atoms. The van der Waals surface area contributed by atoms with Crippen molar-refractivity contribution in [1.82, 2.24) is 10.2 Å². The molecule has 8 heteroatoms. The molecule has 1 aromatic carbocycles. The highest BCUT2D eigenvalue weighted by Gasteiger charge is 2.36. The van der Waals surface area contributed by atoms with Crippen LogP contribution in [0.1, 0.15) is 18.5 Å². The first-order chi connectivity index (χ1) is 11.4. The molecule has 1 aromatic rings. The maximum Gasteiger partial charge on any atom is 0.337 e. The molecular weight excluding hydrogens is 330 g/mol. The largest absolute Gasteiger partial charge is 0.466 e. The van der Waals surface area contributed by atoms with Gasteiger partial charge in [0, 0.05) is 24.4 Å². The van der Waals surface area contributed by atoms with Crippen LogP contribution >= 0.6 is 12.2 Å². The lowest BCUT2D eigenvalue weighted by molar-refractivity contribution is -0.384. The molecule has 126 valence electrons. The van der Waals surface area contributed by atoms with E-state index in [1.807, 2.05) is 0 Å². The van der Waals surface area contributed by atoms with Gasteiger partial charge in [-0.2, -0.15) is 0 Å². The van der Waals surface area contributed by atoms with E-state index in [1.165, 1.54) is 19.2 Å². The van der Waals surface area contributed by atoms with Crippen molar-refractivity contribution >= 4 is 29.0 Å². The molecule has 0 aromatic heterocycles. The molecular formula is C16H17N3O4S. The van der Waals surface area contributed by atoms with Crippen molar-refractivity contribution in [3.63, 3.8) is 0 Å². The first-order valence-electron chi connectivity index (χ1n) is 7.12. The van der Waals surface area contributed by atoms with Crippen LogP contribution in [0.15, 0.2) is 48.2 Å². The van der Waals surface area contributed by atoms with E-state index in [-0.39, 0.29) is 5.69 Å². The van der Waals surface area contributed by atoms with E-state index in [4.69, 9.17) is 17.0 Å². The Morgan fingerprint density at radius 3 is 2.88 bits per heavy atom. The Balaban J connectivity index is 2.64. The molecule has 0 aliphatic carbocycles. The van der Waals surface area contributed by atoms with Crippen LogP contribution in [0.5, 0.6) is 0 Å². The summed E-state index contributed by atoms with van der Waals surface area (Å²) in [5.41, 5.74) is 1.43. The highest BCUT2D eigenvalue weighted by atomic mass is 32.1. The summed E-state index contributed by atoms with van der Waals surface area (Å²) in [6.45, 7) is 5.79. The highest BCUT2D eigenvalue weighted by Crippen LogP contribution is 2.35. The molecule has 1 aliphatic rings. The van der Waals surface area contributed by atoms with Gasteiger partial charge in [-0.3, -0.25) is 10.1 Å². The average Bonchev–Trinajstić information content (AvgIpc) is 2.56. The van der Waals surface area contributed by atoms with E-state index >= 15 is 0 Å². The number of non-ortho nitro benzene ring substituents is 1. The number of allylic oxidation sites excluding steroid dienone is 1. The Hall–Kier alpha value is -2.74. The Morgan fingerprint density at radius 1 is 1.58 bits per heavy atom. The van der Waals surface area contributed by atoms with Gasteiger partial charge in [-0.05, 0) is 24.7 Å². The van der Waals surface area contributed by atoms with Gasteiger partial charge in [0.25, 0.3) is 5.69 Å². The molecule has 1 N–H and O–H groups in total. The predicted molar refractivity (Wildman–Crippen MR) is 93.2 cm³/mol. The lowest BCUT2D eigenvalue weighted by atomic mass is 9.93. The topological polar surface area (TPSA) is 84.7 Å². The first kappa shape index (κ1) is 17.6. The van der Waals surface area contributed by atoms with Crippen molar-refractivity contribution in [2.75, 3.05) is 13.7 Å². The van der Waals surface area contributed by atoms with Crippen molar-refractivity contribution in [2.45, 2.75) is 13.0 Å². The fraction of sp³-hybridized carbons (Fsp3) is 0.250. The third-order valence-electron chi connectivity index (χ3n) is 3.67. The number of nitro benzene ring substituents is 1. The number of carbonyl (C=O) groups excluding carboxylic acids is 1. The molecule has 0 spiro atoms. The van der Waals surface area contributed by atoms with Crippen molar-refractivity contribution in [1.29, 1.82) is 0 Å². The lowest BCUT2D eigenvalue weighted by Gasteiger charge is -2.39. The van der Waals surface area contributed by atoms with Crippen LogP contribution in [-0.4, -0.2) is 34.6 Å². The first-order valence-corrected chi connectivity index (χ1v) is 7.53. The Morgan fingerprint density at radius 2 is 2.29 bits per heavy atom. The number of esters is 1. The minimum atomic E-state index is -0.593. The summed E-state index contributed by atoms with van der Waals surface area (Å²) < 4.78 is 4.88. The van der Waals surface area contributed by atoms with Crippen molar-refractivity contribution in [3.8, 4) is 0 Å². The monoisotopic (exact) mass is 347 g/mol. The smallest absolute Gasteiger partial charge is 0.337 e. The van der Waals surface area contributed by atoms with Crippen LogP contribution in [0.4, 0.5) is 5.69 Å². The van der Waals surface area contributed by atoms with E-state index in [1.54, 1.807) is 30.0 Å². The normalized spacial score (nSPS) is 17.3. The van der Waals surface area contributed by atoms with E-state index in [2.05, 4.69) is 11.9 Å². The van der Waals surface area contributed by atoms with Crippen LogP contribution in [0.2, 0.25) is 0 Å². The van der Waals surface area contributed by atoms with Gasteiger partial charge in [0.05, 0.1) is 23.6 Å². The predicted octanol–water partition coefficient (Wildman–Crippen LogP) is 2.46. The van der Waals surface area contributed by atoms with E-state index in [9.17, 15) is 14.9 Å². The molecule has 1 unspecified atom stereocenters. The van der Waals surface area contributed by atoms with Crippen molar-refractivity contribution in [2.24, 2.45) is 0 Å². The quantitative estimate of drug-likeness (QED) is 0.288. The molecule has 0 saturated heterocycles. The Labute approximate surface area is 144 Å².